The summed E-state index contributed by atoms with van der Waals surface area (Å²) in [5.74, 6) is 0.645. The van der Waals surface area contributed by atoms with Crippen LogP contribution in [0.5, 0.6) is 0 Å². The van der Waals surface area contributed by atoms with E-state index in [1.807, 2.05) is 10.3 Å². The zero-order valence-corrected chi connectivity index (χ0v) is 17.2. The highest BCUT2D eigenvalue weighted by Crippen LogP contribution is 2.28. The second kappa shape index (κ2) is 8.02. The summed E-state index contributed by atoms with van der Waals surface area (Å²) in [7, 11) is 0. The zero-order chi connectivity index (χ0) is 20.4. The lowest BCUT2D eigenvalue weighted by Crippen LogP contribution is -2.49. The summed E-state index contributed by atoms with van der Waals surface area (Å²) >= 11 is 1.50. The molecule has 6 nitrogen and oxygen atoms in total. The van der Waals surface area contributed by atoms with Crippen LogP contribution >= 0.6 is 11.3 Å². The molecule has 0 atom stereocenters. The van der Waals surface area contributed by atoms with E-state index in [2.05, 4.69) is 53.0 Å². The predicted octanol–water partition coefficient (Wildman–Crippen LogP) is 3.66. The summed E-state index contributed by atoms with van der Waals surface area (Å²) < 4.78 is 0. The van der Waals surface area contributed by atoms with E-state index in [-0.39, 0.29) is 5.91 Å². The number of rotatable bonds is 3. The number of nitrogens with zero attached hydrogens (tertiary/aromatic N) is 5. The first-order chi connectivity index (χ1) is 14.1. The number of thiazole rings is 1. The molecule has 1 amide bonds. The number of carbonyl (C=O) groups excluding carboxylic acids is 1. The molecule has 0 bridgehead atoms. The number of aromatic nitrogens is 2. The van der Waals surface area contributed by atoms with Crippen LogP contribution in [0.15, 0.2) is 41.9 Å². The Kier molecular flexibility index (Phi) is 5.28. The Morgan fingerprint density at radius 2 is 1.97 bits per heavy atom. The molecule has 29 heavy (non-hydrogen) atoms. The average Bonchev–Trinajstić information content (AvgIpc) is 3.23. The fourth-order valence-electron chi connectivity index (χ4n) is 3.57. The highest BCUT2D eigenvalue weighted by atomic mass is 32.1. The third kappa shape index (κ3) is 3.84. The molecular formula is C22H21N5OS. The number of nitriles is 1. The van der Waals surface area contributed by atoms with E-state index in [4.69, 9.17) is 0 Å². The fraction of sp³-hybridized carbons (Fsp3) is 0.273. The standard InChI is InChI=1S/C22H21N5OS/c1-15-5-6-18(16(2)12-15)21-25-19(14-29-21)22(28)27-10-8-26(9-11-27)20-17(13-23)4-3-7-24-20/h3-7,12,14H,8-11H2,1-2H3. The Morgan fingerprint density at radius 3 is 2.69 bits per heavy atom. The molecule has 1 fully saturated rings. The van der Waals surface area contributed by atoms with Crippen molar-refractivity contribution in [3.05, 3.63) is 64.3 Å². The number of aryl methyl sites for hydroxylation is 2. The molecule has 4 rings (SSSR count). The first-order valence-corrected chi connectivity index (χ1v) is 10.4. The maximum Gasteiger partial charge on any atom is 0.273 e. The average molecular weight is 404 g/mol. The van der Waals surface area contributed by atoms with Gasteiger partial charge in [-0.3, -0.25) is 4.79 Å². The number of carbonyl (C=O) groups is 1. The molecule has 3 heterocycles. The number of hydrogen-bond donors (Lipinski definition) is 0. The second-order valence-electron chi connectivity index (χ2n) is 7.12. The van der Waals surface area contributed by atoms with Crippen molar-refractivity contribution in [2.24, 2.45) is 0 Å². The quantitative estimate of drug-likeness (QED) is 0.667. The highest BCUT2D eigenvalue weighted by Gasteiger charge is 2.25. The Labute approximate surface area is 174 Å². The van der Waals surface area contributed by atoms with Crippen molar-refractivity contribution in [3.63, 3.8) is 0 Å². The van der Waals surface area contributed by atoms with Gasteiger partial charge in [0.25, 0.3) is 5.91 Å². The molecule has 2 aromatic heterocycles. The van der Waals surface area contributed by atoms with Crippen molar-refractivity contribution in [1.82, 2.24) is 14.9 Å². The zero-order valence-electron chi connectivity index (χ0n) is 16.4. The highest BCUT2D eigenvalue weighted by molar-refractivity contribution is 7.13. The van der Waals surface area contributed by atoms with Crippen LogP contribution < -0.4 is 4.90 Å². The maximum absolute atomic E-state index is 12.9. The van der Waals surface area contributed by atoms with Crippen LogP contribution in [0.3, 0.4) is 0 Å². The summed E-state index contributed by atoms with van der Waals surface area (Å²) in [6, 6.07) is 12.0. The molecule has 1 aromatic carbocycles. The Bertz CT molecular complexity index is 1090. The SMILES string of the molecule is Cc1ccc(-c2nc(C(=O)N3CCN(c4ncccc4C#N)CC3)cs2)c(C)c1. The lowest BCUT2D eigenvalue weighted by atomic mass is 10.1. The van der Waals surface area contributed by atoms with Crippen LogP contribution in [0.2, 0.25) is 0 Å². The second-order valence-corrected chi connectivity index (χ2v) is 7.98. The predicted molar refractivity (Wildman–Crippen MR) is 114 cm³/mol. The van der Waals surface area contributed by atoms with Gasteiger partial charge in [-0.05, 0) is 31.5 Å². The van der Waals surface area contributed by atoms with E-state index in [0.717, 1.165) is 16.1 Å². The maximum atomic E-state index is 12.9. The summed E-state index contributed by atoms with van der Waals surface area (Å²) in [6.45, 7) is 6.58. The summed E-state index contributed by atoms with van der Waals surface area (Å²) in [5.41, 5.74) is 4.50. The number of piperazine rings is 1. The van der Waals surface area contributed by atoms with E-state index >= 15 is 0 Å². The van der Waals surface area contributed by atoms with Gasteiger partial charge in [0.1, 0.15) is 22.6 Å². The van der Waals surface area contributed by atoms with Gasteiger partial charge in [-0.15, -0.1) is 11.3 Å². The van der Waals surface area contributed by atoms with Crippen LogP contribution in [-0.2, 0) is 0 Å². The Morgan fingerprint density at radius 1 is 1.17 bits per heavy atom. The lowest BCUT2D eigenvalue weighted by molar-refractivity contribution is 0.0741. The molecule has 1 aliphatic heterocycles. The Balaban J connectivity index is 1.45. The third-order valence-electron chi connectivity index (χ3n) is 5.11. The van der Waals surface area contributed by atoms with Gasteiger partial charge in [0.05, 0.1) is 5.56 Å². The van der Waals surface area contributed by atoms with Gasteiger partial charge in [0.2, 0.25) is 0 Å². The number of anilines is 1. The van der Waals surface area contributed by atoms with E-state index < -0.39 is 0 Å². The molecule has 0 radical (unpaired) electrons. The normalized spacial score (nSPS) is 14.0. The minimum Gasteiger partial charge on any atom is -0.352 e. The van der Waals surface area contributed by atoms with E-state index in [9.17, 15) is 10.1 Å². The molecule has 7 heteroatoms. The smallest absolute Gasteiger partial charge is 0.273 e. The van der Waals surface area contributed by atoms with Crippen molar-refractivity contribution in [2.75, 3.05) is 31.1 Å². The van der Waals surface area contributed by atoms with Gasteiger partial charge >= 0.3 is 0 Å². The molecule has 0 unspecified atom stereocenters. The fourth-order valence-corrected chi connectivity index (χ4v) is 4.45. The number of pyridine rings is 1. The largest absolute Gasteiger partial charge is 0.352 e. The number of benzene rings is 1. The monoisotopic (exact) mass is 403 g/mol. The summed E-state index contributed by atoms with van der Waals surface area (Å²) in [6.07, 6.45) is 1.69. The molecule has 0 spiro atoms. The molecule has 146 valence electrons. The molecule has 0 N–H and O–H groups in total. The lowest BCUT2D eigenvalue weighted by Gasteiger charge is -2.35. The van der Waals surface area contributed by atoms with Crippen LogP contribution in [-0.4, -0.2) is 47.0 Å². The van der Waals surface area contributed by atoms with Crippen LogP contribution in [0.4, 0.5) is 5.82 Å². The van der Waals surface area contributed by atoms with Gasteiger partial charge in [0.15, 0.2) is 0 Å². The van der Waals surface area contributed by atoms with Gasteiger partial charge in [0, 0.05) is 43.3 Å². The first kappa shape index (κ1) is 19.1. The van der Waals surface area contributed by atoms with Crippen molar-refractivity contribution >= 4 is 23.1 Å². The molecule has 1 saturated heterocycles. The van der Waals surface area contributed by atoms with Gasteiger partial charge in [-0.2, -0.15) is 5.26 Å². The Hall–Kier alpha value is -3.24. The van der Waals surface area contributed by atoms with Crippen molar-refractivity contribution in [1.29, 1.82) is 5.26 Å². The van der Waals surface area contributed by atoms with E-state index in [1.54, 1.807) is 18.3 Å². The minimum atomic E-state index is -0.0431. The van der Waals surface area contributed by atoms with E-state index in [0.29, 0.717) is 43.3 Å². The van der Waals surface area contributed by atoms with Crippen LogP contribution in [0, 0.1) is 25.2 Å². The first-order valence-electron chi connectivity index (χ1n) is 9.49. The van der Waals surface area contributed by atoms with Crippen molar-refractivity contribution in [3.8, 4) is 16.6 Å². The van der Waals surface area contributed by atoms with Crippen molar-refractivity contribution < 1.29 is 4.79 Å². The molecular weight excluding hydrogens is 382 g/mol. The number of amides is 1. The van der Waals surface area contributed by atoms with Crippen molar-refractivity contribution in [2.45, 2.75) is 13.8 Å². The van der Waals surface area contributed by atoms with Crippen LogP contribution in [0.1, 0.15) is 27.2 Å². The molecule has 0 saturated carbocycles. The molecule has 3 aromatic rings. The summed E-state index contributed by atoms with van der Waals surface area (Å²) in [5, 5.41) is 12.0. The van der Waals surface area contributed by atoms with Gasteiger partial charge < -0.3 is 9.80 Å². The van der Waals surface area contributed by atoms with Crippen LogP contribution in [0.25, 0.3) is 10.6 Å². The third-order valence-corrected chi connectivity index (χ3v) is 5.98. The molecule has 1 aliphatic rings. The number of hydrogen-bond acceptors (Lipinski definition) is 6. The van der Waals surface area contributed by atoms with Gasteiger partial charge in [-0.1, -0.05) is 23.8 Å². The minimum absolute atomic E-state index is 0.0431. The summed E-state index contributed by atoms with van der Waals surface area (Å²) in [4.78, 5) is 25.8. The molecule has 0 aliphatic carbocycles. The topological polar surface area (TPSA) is 73.1 Å². The van der Waals surface area contributed by atoms with Gasteiger partial charge in [-0.25, -0.2) is 9.97 Å². The van der Waals surface area contributed by atoms with E-state index in [1.165, 1.54) is 16.9 Å².